The van der Waals surface area contributed by atoms with Gasteiger partial charge < -0.3 is 9.72 Å². The predicted octanol–water partition coefficient (Wildman–Crippen LogP) is 1.58. The van der Waals surface area contributed by atoms with Crippen molar-refractivity contribution in [1.82, 2.24) is 4.98 Å². The Hall–Kier alpha value is -1.58. The first kappa shape index (κ1) is 9.96. The fourth-order valence-corrected chi connectivity index (χ4v) is 2.18. The predicted molar refractivity (Wildman–Crippen MR) is 53.3 cm³/mol. The van der Waals surface area contributed by atoms with E-state index in [0.29, 0.717) is 12.8 Å². The molecule has 0 atom stereocenters. The molecule has 0 unspecified atom stereocenters. The van der Waals surface area contributed by atoms with Gasteiger partial charge in [0.2, 0.25) is 0 Å². The minimum absolute atomic E-state index is 0.0231. The SMILES string of the molecule is Cc1c[nH]c(C)c1C1CC(=O)OC(=O)C1. The second-order valence-corrected chi connectivity index (χ2v) is 3.96. The van der Waals surface area contributed by atoms with Crippen LogP contribution in [-0.2, 0) is 14.3 Å². The van der Waals surface area contributed by atoms with Crippen LogP contribution in [0.4, 0.5) is 0 Å². The van der Waals surface area contributed by atoms with Crippen LogP contribution in [0.1, 0.15) is 35.6 Å². The summed E-state index contributed by atoms with van der Waals surface area (Å²) in [6.07, 6.45) is 2.49. The molecule has 4 nitrogen and oxygen atoms in total. The molecule has 4 heteroatoms. The van der Waals surface area contributed by atoms with Crippen LogP contribution in [0.3, 0.4) is 0 Å². The van der Waals surface area contributed by atoms with Crippen molar-refractivity contribution in [3.05, 3.63) is 23.0 Å². The maximum absolute atomic E-state index is 11.1. The number of aromatic nitrogens is 1. The van der Waals surface area contributed by atoms with Crippen molar-refractivity contribution in [2.24, 2.45) is 0 Å². The summed E-state index contributed by atoms with van der Waals surface area (Å²) in [6.45, 7) is 3.93. The normalized spacial score (nSPS) is 18.0. The molecule has 80 valence electrons. The van der Waals surface area contributed by atoms with Crippen LogP contribution in [-0.4, -0.2) is 16.9 Å². The number of hydrogen-bond acceptors (Lipinski definition) is 3. The van der Waals surface area contributed by atoms with E-state index in [2.05, 4.69) is 9.72 Å². The Labute approximate surface area is 87.6 Å². The van der Waals surface area contributed by atoms with Crippen molar-refractivity contribution >= 4 is 11.9 Å². The van der Waals surface area contributed by atoms with Crippen LogP contribution in [0.2, 0.25) is 0 Å². The van der Waals surface area contributed by atoms with Gasteiger partial charge in [-0.2, -0.15) is 0 Å². The van der Waals surface area contributed by atoms with E-state index in [1.54, 1.807) is 0 Å². The van der Waals surface area contributed by atoms with Gasteiger partial charge in [0.05, 0.1) is 12.8 Å². The minimum Gasteiger partial charge on any atom is -0.393 e. The highest BCUT2D eigenvalue weighted by Gasteiger charge is 2.30. The second-order valence-electron chi connectivity index (χ2n) is 3.96. The average Bonchev–Trinajstić information content (AvgIpc) is 2.44. The highest BCUT2D eigenvalue weighted by Crippen LogP contribution is 2.32. The number of hydrogen-bond donors (Lipinski definition) is 1. The lowest BCUT2D eigenvalue weighted by molar-refractivity contribution is -0.163. The summed E-state index contributed by atoms with van der Waals surface area (Å²) in [5.74, 6) is -0.863. The quantitative estimate of drug-likeness (QED) is 0.561. The molecule has 0 aliphatic carbocycles. The molecule has 1 aromatic rings. The first-order chi connectivity index (χ1) is 7.08. The molecule has 0 aromatic carbocycles. The number of aryl methyl sites for hydroxylation is 2. The van der Waals surface area contributed by atoms with Gasteiger partial charge in [-0.3, -0.25) is 9.59 Å². The van der Waals surface area contributed by atoms with E-state index in [0.717, 1.165) is 16.8 Å². The van der Waals surface area contributed by atoms with Gasteiger partial charge in [-0.15, -0.1) is 0 Å². The number of esters is 2. The lowest BCUT2D eigenvalue weighted by Crippen LogP contribution is -2.24. The summed E-state index contributed by atoms with van der Waals surface area (Å²) in [7, 11) is 0. The Kier molecular flexibility index (Phi) is 2.34. The van der Waals surface area contributed by atoms with Crippen molar-refractivity contribution in [2.45, 2.75) is 32.6 Å². The van der Waals surface area contributed by atoms with Gasteiger partial charge in [0.25, 0.3) is 0 Å². The molecule has 1 saturated heterocycles. The summed E-state index contributed by atoms with van der Waals surface area (Å²) in [5.41, 5.74) is 3.21. The maximum Gasteiger partial charge on any atom is 0.314 e. The van der Waals surface area contributed by atoms with Crippen LogP contribution < -0.4 is 0 Å². The zero-order valence-corrected chi connectivity index (χ0v) is 8.79. The lowest BCUT2D eigenvalue weighted by atomic mass is 9.89. The number of carbonyl (C=O) groups is 2. The Balaban J connectivity index is 2.31. The largest absolute Gasteiger partial charge is 0.393 e. The number of cyclic esters (lactones) is 2. The number of nitrogens with one attached hydrogen (secondary N) is 1. The number of H-pyrrole nitrogens is 1. The summed E-state index contributed by atoms with van der Waals surface area (Å²) >= 11 is 0. The van der Waals surface area contributed by atoms with Gasteiger partial charge >= 0.3 is 11.9 Å². The Morgan fingerprint density at radius 1 is 1.27 bits per heavy atom. The minimum atomic E-state index is -0.420. The Morgan fingerprint density at radius 3 is 2.33 bits per heavy atom. The van der Waals surface area contributed by atoms with E-state index in [-0.39, 0.29) is 5.92 Å². The summed E-state index contributed by atoms with van der Waals surface area (Å²) < 4.78 is 4.51. The molecule has 1 aliphatic heterocycles. The van der Waals surface area contributed by atoms with Gasteiger partial charge in [-0.05, 0) is 25.0 Å². The van der Waals surface area contributed by atoms with E-state index < -0.39 is 11.9 Å². The Bertz CT molecular complexity index is 384. The van der Waals surface area contributed by atoms with Gasteiger partial charge in [0, 0.05) is 17.8 Å². The molecule has 0 bridgehead atoms. The van der Waals surface area contributed by atoms with Gasteiger partial charge in [0.15, 0.2) is 0 Å². The molecule has 1 aliphatic rings. The van der Waals surface area contributed by atoms with Crippen LogP contribution in [0.5, 0.6) is 0 Å². The topological polar surface area (TPSA) is 59.2 Å². The first-order valence-corrected chi connectivity index (χ1v) is 4.96. The van der Waals surface area contributed by atoms with Crippen LogP contribution in [0, 0.1) is 13.8 Å². The molecule has 2 rings (SSSR count). The molecular formula is C11H13NO3. The van der Waals surface area contributed by atoms with Crippen molar-refractivity contribution in [3.8, 4) is 0 Å². The first-order valence-electron chi connectivity index (χ1n) is 4.96. The van der Waals surface area contributed by atoms with Crippen molar-refractivity contribution in [1.29, 1.82) is 0 Å². The molecule has 0 spiro atoms. The van der Waals surface area contributed by atoms with Crippen molar-refractivity contribution in [2.75, 3.05) is 0 Å². The molecule has 2 heterocycles. The molecule has 1 N–H and O–H groups in total. The fraction of sp³-hybridized carbons (Fsp3) is 0.455. The third-order valence-electron chi connectivity index (χ3n) is 2.80. The zero-order chi connectivity index (χ0) is 11.0. The highest BCUT2D eigenvalue weighted by atomic mass is 16.6. The lowest BCUT2D eigenvalue weighted by Gasteiger charge is -2.20. The molecule has 1 aromatic heterocycles. The molecule has 0 amide bonds. The number of carbonyl (C=O) groups excluding carboxylic acids is 2. The smallest absolute Gasteiger partial charge is 0.314 e. The van der Waals surface area contributed by atoms with E-state index >= 15 is 0 Å². The summed E-state index contributed by atoms with van der Waals surface area (Å²) in [5, 5.41) is 0. The summed E-state index contributed by atoms with van der Waals surface area (Å²) in [4.78, 5) is 25.4. The standard InChI is InChI=1S/C11H13NO3/c1-6-5-12-7(2)11(6)8-3-9(13)15-10(14)4-8/h5,8,12H,3-4H2,1-2H3. The molecule has 0 saturated carbocycles. The number of aromatic amines is 1. The number of ether oxygens (including phenoxy) is 1. The molecule has 0 radical (unpaired) electrons. The van der Waals surface area contributed by atoms with Gasteiger partial charge in [0.1, 0.15) is 0 Å². The van der Waals surface area contributed by atoms with Crippen LogP contribution in [0.25, 0.3) is 0 Å². The zero-order valence-electron chi connectivity index (χ0n) is 8.79. The molecule has 1 fully saturated rings. The van der Waals surface area contributed by atoms with E-state index in [4.69, 9.17) is 0 Å². The Morgan fingerprint density at radius 2 is 1.87 bits per heavy atom. The van der Waals surface area contributed by atoms with Crippen molar-refractivity contribution < 1.29 is 14.3 Å². The van der Waals surface area contributed by atoms with E-state index in [1.807, 2.05) is 20.0 Å². The highest BCUT2D eigenvalue weighted by molar-refractivity contribution is 5.89. The molecular weight excluding hydrogens is 194 g/mol. The van der Waals surface area contributed by atoms with E-state index in [1.165, 1.54) is 0 Å². The maximum atomic E-state index is 11.1. The molecule has 15 heavy (non-hydrogen) atoms. The third-order valence-corrected chi connectivity index (χ3v) is 2.80. The fourth-order valence-electron chi connectivity index (χ4n) is 2.18. The number of rotatable bonds is 1. The second kappa shape index (κ2) is 3.53. The monoisotopic (exact) mass is 207 g/mol. The summed E-state index contributed by atoms with van der Waals surface area (Å²) in [6, 6.07) is 0. The van der Waals surface area contributed by atoms with Crippen LogP contribution >= 0.6 is 0 Å². The van der Waals surface area contributed by atoms with Gasteiger partial charge in [-0.1, -0.05) is 0 Å². The van der Waals surface area contributed by atoms with Crippen LogP contribution in [0.15, 0.2) is 6.20 Å². The third kappa shape index (κ3) is 1.79. The average molecular weight is 207 g/mol. The van der Waals surface area contributed by atoms with Crippen molar-refractivity contribution in [3.63, 3.8) is 0 Å². The van der Waals surface area contributed by atoms with E-state index in [9.17, 15) is 9.59 Å². The van der Waals surface area contributed by atoms with Gasteiger partial charge in [-0.25, -0.2) is 0 Å².